The van der Waals surface area contributed by atoms with E-state index in [1.165, 1.54) is 11.1 Å². The number of carbonyl (C=O) groups excluding carboxylic acids is 1. The van der Waals surface area contributed by atoms with E-state index in [1.54, 1.807) is 23.5 Å². The normalized spacial score (nSPS) is 10.3. The fourth-order valence-corrected chi connectivity index (χ4v) is 2.20. The van der Waals surface area contributed by atoms with Gasteiger partial charge >= 0.3 is 0 Å². The smallest absolute Gasteiger partial charge is 0.164 e. The summed E-state index contributed by atoms with van der Waals surface area (Å²) >= 11 is 7.33. The van der Waals surface area contributed by atoms with Crippen molar-refractivity contribution in [3.05, 3.63) is 51.4 Å². The second kappa shape index (κ2) is 5.23. The summed E-state index contributed by atoms with van der Waals surface area (Å²) in [5.41, 5.74) is 0.626. The van der Waals surface area contributed by atoms with Crippen LogP contribution in [-0.4, -0.2) is 10.8 Å². The lowest BCUT2D eigenvalue weighted by molar-refractivity contribution is 0.0983. The van der Waals surface area contributed by atoms with Gasteiger partial charge in [-0.15, -0.1) is 11.3 Å². The molecule has 0 unspecified atom stereocenters. The number of Topliss-reactive ketones (excluding diaryl/α,β-unsaturated/α-hetero) is 1. The average Bonchev–Trinajstić information content (AvgIpc) is 2.80. The zero-order valence-electron chi connectivity index (χ0n) is 8.52. The Morgan fingerprint density at radius 3 is 2.88 bits per heavy atom. The molecule has 0 aromatic carbocycles. The molecular weight excluding hydrogens is 242 g/mol. The number of hydrogen-bond donors (Lipinski definition) is 0. The molecule has 16 heavy (non-hydrogen) atoms. The van der Waals surface area contributed by atoms with Gasteiger partial charge in [0.2, 0.25) is 0 Å². The van der Waals surface area contributed by atoms with Crippen LogP contribution in [0.4, 0.5) is 0 Å². The number of thiophene rings is 1. The fraction of sp³-hybridized carbons (Fsp3) is 0.167. The van der Waals surface area contributed by atoms with Crippen molar-refractivity contribution in [1.29, 1.82) is 0 Å². The molecule has 0 saturated carbocycles. The van der Waals surface area contributed by atoms with Crippen LogP contribution in [0.15, 0.2) is 35.8 Å². The summed E-state index contributed by atoms with van der Waals surface area (Å²) in [7, 11) is 0. The number of rotatable bonds is 4. The lowest BCUT2D eigenvalue weighted by Gasteiger charge is -1.99. The highest BCUT2D eigenvalue weighted by atomic mass is 35.5. The van der Waals surface area contributed by atoms with Crippen molar-refractivity contribution in [3.8, 4) is 0 Å². The minimum atomic E-state index is 0.109. The summed E-state index contributed by atoms with van der Waals surface area (Å²) in [5.74, 6) is 0.109. The summed E-state index contributed by atoms with van der Waals surface area (Å²) in [6.07, 6.45) is 2.84. The van der Waals surface area contributed by atoms with Gasteiger partial charge in [-0.05, 0) is 30.0 Å². The molecule has 2 heterocycles. The highest BCUT2D eigenvalue weighted by Gasteiger charge is 2.06. The summed E-state index contributed by atoms with van der Waals surface area (Å²) in [6.45, 7) is 0. The lowest BCUT2D eigenvalue weighted by Crippen LogP contribution is -2.00. The monoisotopic (exact) mass is 251 g/mol. The molecule has 0 aliphatic rings. The van der Waals surface area contributed by atoms with Gasteiger partial charge in [0, 0.05) is 23.1 Å². The highest BCUT2D eigenvalue weighted by molar-refractivity contribution is 7.09. The van der Waals surface area contributed by atoms with E-state index >= 15 is 0 Å². The first kappa shape index (κ1) is 11.3. The van der Waals surface area contributed by atoms with Crippen LogP contribution in [0.2, 0.25) is 5.15 Å². The quantitative estimate of drug-likeness (QED) is 0.614. The number of aromatic nitrogens is 1. The average molecular weight is 252 g/mol. The summed E-state index contributed by atoms with van der Waals surface area (Å²) in [5, 5.41) is 2.43. The van der Waals surface area contributed by atoms with Gasteiger partial charge in [0.15, 0.2) is 5.78 Å². The summed E-state index contributed by atoms with van der Waals surface area (Å²) in [4.78, 5) is 16.9. The van der Waals surface area contributed by atoms with Crippen LogP contribution >= 0.6 is 22.9 Å². The van der Waals surface area contributed by atoms with E-state index in [4.69, 9.17) is 11.6 Å². The second-order valence-corrected chi connectivity index (χ2v) is 4.79. The van der Waals surface area contributed by atoms with Gasteiger partial charge < -0.3 is 0 Å². The van der Waals surface area contributed by atoms with Gasteiger partial charge in [-0.2, -0.15) is 0 Å². The largest absolute Gasteiger partial charge is 0.294 e. The van der Waals surface area contributed by atoms with Gasteiger partial charge in [-0.1, -0.05) is 17.7 Å². The Hall–Kier alpha value is -1.19. The molecule has 0 spiro atoms. The van der Waals surface area contributed by atoms with Crippen LogP contribution in [0.5, 0.6) is 0 Å². The molecule has 2 aromatic rings. The summed E-state index contributed by atoms with van der Waals surface area (Å²) in [6, 6.07) is 7.39. The number of ketones is 1. The SMILES string of the molecule is O=C(CCc1cccs1)c1ccc(Cl)nc1. The van der Waals surface area contributed by atoms with E-state index in [0.29, 0.717) is 17.1 Å². The first-order chi connectivity index (χ1) is 7.75. The maximum Gasteiger partial charge on any atom is 0.164 e. The predicted octanol–water partition coefficient (Wildman–Crippen LogP) is 3.61. The zero-order valence-corrected chi connectivity index (χ0v) is 10.1. The Labute approximate surface area is 103 Å². The number of pyridine rings is 1. The Kier molecular flexibility index (Phi) is 3.70. The molecule has 2 nitrogen and oxygen atoms in total. The van der Waals surface area contributed by atoms with Gasteiger partial charge in [-0.3, -0.25) is 4.79 Å². The van der Waals surface area contributed by atoms with E-state index < -0.39 is 0 Å². The molecule has 82 valence electrons. The molecule has 0 aliphatic carbocycles. The van der Waals surface area contributed by atoms with E-state index in [1.807, 2.05) is 17.5 Å². The number of halogens is 1. The molecular formula is C12H10ClNOS. The van der Waals surface area contributed by atoms with E-state index in [9.17, 15) is 4.79 Å². The third kappa shape index (κ3) is 2.90. The molecule has 4 heteroatoms. The molecule has 0 aliphatic heterocycles. The fourth-order valence-electron chi connectivity index (χ4n) is 1.38. The van der Waals surface area contributed by atoms with Gasteiger partial charge in [0.05, 0.1) is 0 Å². The maximum atomic E-state index is 11.8. The number of hydrogen-bond acceptors (Lipinski definition) is 3. The van der Waals surface area contributed by atoms with Gasteiger partial charge in [-0.25, -0.2) is 4.98 Å². The standard InChI is InChI=1S/C12H10ClNOS/c13-12-6-3-9(8-14-12)11(15)5-4-10-2-1-7-16-10/h1-3,6-8H,4-5H2. The third-order valence-corrected chi connectivity index (χ3v) is 3.39. The molecule has 0 saturated heterocycles. The first-order valence-electron chi connectivity index (χ1n) is 4.93. The maximum absolute atomic E-state index is 11.8. The zero-order chi connectivity index (χ0) is 11.4. The topological polar surface area (TPSA) is 30.0 Å². The predicted molar refractivity (Wildman–Crippen MR) is 66.2 cm³/mol. The van der Waals surface area contributed by atoms with Gasteiger partial charge in [0.1, 0.15) is 5.15 Å². The number of aryl methyl sites for hydroxylation is 1. The van der Waals surface area contributed by atoms with E-state index in [2.05, 4.69) is 4.98 Å². The van der Waals surface area contributed by atoms with Crippen molar-refractivity contribution >= 4 is 28.7 Å². The number of carbonyl (C=O) groups is 1. The van der Waals surface area contributed by atoms with Gasteiger partial charge in [0.25, 0.3) is 0 Å². The van der Waals surface area contributed by atoms with Crippen LogP contribution in [0.3, 0.4) is 0 Å². The molecule has 0 radical (unpaired) electrons. The van der Waals surface area contributed by atoms with Crippen molar-refractivity contribution in [3.63, 3.8) is 0 Å². The molecule has 2 rings (SSSR count). The van der Waals surface area contributed by atoms with Crippen LogP contribution in [0.25, 0.3) is 0 Å². The van der Waals surface area contributed by atoms with Crippen molar-refractivity contribution < 1.29 is 4.79 Å². The minimum Gasteiger partial charge on any atom is -0.294 e. The number of nitrogens with zero attached hydrogens (tertiary/aromatic N) is 1. The van der Waals surface area contributed by atoms with E-state index in [-0.39, 0.29) is 5.78 Å². The van der Waals surface area contributed by atoms with Crippen LogP contribution in [-0.2, 0) is 6.42 Å². The molecule has 0 bridgehead atoms. The van der Waals surface area contributed by atoms with Crippen molar-refractivity contribution in [2.24, 2.45) is 0 Å². The Bertz CT molecular complexity index is 464. The second-order valence-electron chi connectivity index (χ2n) is 3.37. The first-order valence-corrected chi connectivity index (χ1v) is 6.18. The Morgan fingerprint density at radius 2 is 2.25 bits per heavy atom. The Balaban J connectivity index is 1.95. The van der Waals surface area contributed by atoms with Crippen molar-refractivity contribution in [1.82, 2.24) is 4.98 Å². The molecule has 2 aromatic heterocycles. The summed E-state index contributed by atoms with van der Waals surface area (Å²) < 4.78 is 0. The van der Waals surface area contributed by atoms with Crippen LogP contribution in [0, 0.1) is 0 Å². The molecule has 0 amide bonds. The van der Waals surface area contributed by atoms with Crippen LogP contribution < -0.4 is 0 Å². The van der Waals surface area contributed by atoms with Crippen molar-refractivity contribution in [2.45, 2.75) is 12.8 Å². The lowest BCUT2D eigenvalue weighted by atomic mass is 10.1. The minimum absolute atomic E-state index is 0.109. The van der Waals surface area contributed by atoms with Crippen LogP contribution in [0.1, 0.15) is 21.7 Å². The molecule has 0 N–H and O–H groups in total. The van der Waals surface area contributed by atoms with E-state index in [0.717, 1.165) is 6.42 Å². The highest BCUT2D eigenvalue weighted by Crippen LogP contribution is 2.13. The Morgan fingerprint density at radius 1 is 1.38 bits per heavy atom. The van der Waals surface area contributed by atoms with Crippen molar-refractivity contribution in [2.75, 3.05) is 0 Å². The third-order valence-electron chi connectivity index (χ3n) is 2.23. The molecule has 0 fully saturated rings. The molecule has 0 atom stereocenters.